The Labute approximate surface area is 103 Å². The molecule has 0 aliphatic rings. The van der Waals surface area contributed by atoms with Crippen LogP contribution < -0.4 is 17.2 Å². The zero-order valence-corrected chi connectivity index (χ0v) is 9.87. The Kier molecular flexibility index (Phi) is 3.01. The first-order chi connectivity index (χ1) is 8.06. The second kappa shape index (κ2) is 4.47. The van der Waals surface area contributed by atoms with Crippen LogP contribution in [0.3, 0.4) is 0 Å². The minimum Gasteiger partial charge on any atom is -0.507 e. The molecule has 2 aromatic carbocycles. The van der Waals surface area contributed by atoms with Gasteiger partial charge in [-0.3, -0.25) is 0 Å². The highest BCUT2D eigenvalue weighted by Crippen LogP contribution is 2.38. The van der Waals surface area contributed by atoms with Gasteiger partial charge in [0.1, 0.15) is 5.75 Å². The topological polar surface area (TPSA) is 98.3 Å². The highest BCUT2D eigenvalue weighted by atomic mass is 32.2. The predicted molar refractivity (Wildman–Crippen MR) is 71.9 cm³/mol. The number of phenols is 1. The summed E-state index contributed by atoms with van der Waals surface area (Å²) in [4.78, 5) is 1.45. The molecule has 5 heteroatoms. The maximum atomic E-state index is 9.71. The molecule has 17 heavy (non-hydrogen) atoms. The maximum absolute atomic E-state index is 9.71. The van der Waals surface area contributed by atoms with Gasteiger partial charge in [0.05, 0.1) is 4.90 Å². The molecule has 2 rings (SSSR count). The molecule has 0 unspecified atom stereocenters. The Morgan fingerprint density at radius 2 is 1.41 bits per heavy atom. The van der Waals surface area contributed by atoms with Gasteiger partial charge in [0.25, 0.3) is 0 Å². The molecule has 0 atom stereocenters. The Bertz CT molecular complexity index is 508. The zero-order valence-electron chi connectivity index (χ0n) is 9.05. The van der Waals surface area contributed by atoms with Crippen molar-refractivity contribution in [1.29, 1.82) is 0 Å². The quantitative estimate of drug-likeness (QED) is 0.482. The molecule has 2 aromatic rings. The highest BCUT2D eigenvalue weighted by Gasteiger charge is 2.07. The number of benzene rings is 2. The van der Waals surface area contributed by atoms with Crippen molar-refractivity contribution < 1.29 is 5.11 Å². The van der Waals surface area contributed by atoms with Crippen molar-refractivity contribution in [3.05, 3.63) is 36.4 Å². The summed E-state index contributed by atoms with van der Waals surface area (Å²) in [6.07, 6.45) is 0. The normalized spacial score (nSPS) is 10.4. The first-order valence-electron chi connectivity index (χ1n) is 4.97. The molecule has 7 N–H and O–H groups in total. The predicted octanol–water partition coefficient (Wildman–Crippen LogP) is 2.29. The van der Waals surface area contributed by atoms with Gasteiger partial charge in [0.15, 0.2) is 0 Å². The van der Waals surface area contributed by atoms with Gasteiger partial charge in [0, 0.05) is 22.0 Å². The van der Waals surface area contributed by atoms with Crippen molar-refractivity contribution in [2.45, 2.75) is 9.79 Å². The number of nitrogens with two attached hydrogens (primary N) is 3. The summed E-state index contributed by atoms with van der Waals surface area (Å²) in [5, 5.41) is 9.71. The smallest absolute Gasteiger partial charge is 0.129 e. The molecule has 0 aromatic heterocycles. The molecule has 0 bridgehead atoms. The van der Waals surface area contributed by atoms with Gasteiger partial charge >= 0.3 is 0 Å². The highest BCUT2D eigenvalue weighted by molar-refractivity contribution is 7.99. The van der Waals surface area contributed by atoms with Crippen molar-refractivity contribution in [2.24, 2.45) is 0 Å². The molecule has 0 spiro atoms. The van der Waals surface area contributed by atoms with E-state index in [1.807, 2.05) is 0 Å². The van der Waals surface area contributed by atoms with E-state index in [0.717, 1.165) is 4.90 Å². The minimum atomic E-state index is 0.172. The standard InChI is InChI=1S/C12H13N3OS/c13-7-1-3-9(15)11(5-7)17-12-6-8(14)2-4-10(12)16/h1-6,16H,13-15H2. The fourth-order valence-electron chi connectivity index (χ4n) is 1.37. The molecule has 0 saturated carbocycles. The largest absolute Gasteiger partial charge is 0.507 e. The number of aromatic hydroxyl groups is 1. The number of hydrogen-bond acceptors (Lipinski definition) is 5. The monoisotopic (exact) mass is 247 g/mol. The molecule has 0 aliphatic carbocycles. The fraction of sp³-hybridized carbons (Fsp3) is 0. The molecular weight excluding hydrogens is 234 g/mol. The molecule has 4 nitrogen and oxygen atoms in total. The first-order valence-corrected chi connectivity index (χ1v) is 5.79. The second-order valence-electron chi connectivity index (χ2n) is 3.63. The Morgan fingerprint density at radius 1 is 0.824 bits per heavy atom. The van der Waals surface area contributed by atoms with Crippen LogP contribution in [0.25, 0.3) is 0 Å². The minimum absolute atomic E-state index is 0.172. The summed E-state index contributed by atoms with van der Waals surface area (Å²) in [5.74, 6) is 0.172. The SMILES string of the molecule is Nc1ccc(N)c(Sc2cc(N)ccc2O)c1. The molecule has 0 fully saturated rings. The van der Waals surface area contributed by atoms with Crippen LogP contribution in [-0.2, 0) is 0 Å². The van der Waals surface area contributed by atoms with Crippen LogP contribution in [0.2, 0.25) is 0 Å². The van der Waals surface area contributed by atoms with Crippen molar-refractivity contribution in [2.75, 3.05) is 17.2 Å². The molecular formula is C12H13N3OS. The fourth-order valence-corrected chi connectivity index (χ4v) is 2.36. The van der Waals surface area contributed by atoms with Gasteiger partial charge in [-0.2, -0.15) is 0 Å². The van der Waals surface area contributed by atoms with Gasteiger partial charge < -0.3 is 22.3 Å². The number of rotatable bonds is 2. The van der Waals surface area contributed by atoms with Crippen LogP contribution in [0.1, 0.15) is 0 Å². The third-order valence-corrected chi connectivity index (χ3v) is 3.36. The van der Waals surface area contributed by atoms with E-state index in [0.29, 0.717) is 22.0 Å². The van der Waals surface area contributed by atoms with Gasteiger partial charge in [-0.1, -0.05) is 11.8 Å². The summed E-state index contributed by atoms with van der Waals surface area (Å²) < 4.78 is 0. The van der Waals surface area contributed by atoms with E-state index < -0.39 is 0 Å². The van der Waals surface area contributed by atoms with Crippen LogP contribution in [0.5, 0.6) is 5.75 Å². The van der Waals surface area contributed by atoms with E-state index in [1.54, 1.807) is 36.4 Å². The molecule has 0 heterocycles. The number of hydrogen-bond donors (Lipinski definition) is 4. The van der Waals surface area contributed by atoms with E-state index in [9.17, 15) is 5.11 Å². The number of phenolic OH excluding ortho intramolecular Hbond substituents is 1. The lowest BCUT2D eigenvalue weighted by Crippen LogP contribution is -1.92. The molecule has 88 valence electrons. The lowest BCUT2D eigenvalue weighted by atomic mass is 10.3. The van der Waals surface area contributed by atoms with Gasteiger partial charge in [-0.05, 0) is 36.4 Å². The zero-order chi connectivity index (χ0) is 12.4. The summed E-state index contributed by atoms with van der Waals surface area (Å²) >= 11 is 1.33. The van der Waals surface area contributed by atoms with Gasteiger partial charge in [0.2, 0.25) is 0 Å². The van der Waals surface area contributed by atoms with Crippen LogP contribution in [0.15, 0.2) is 46.2 Å². The number of anilines is 3. The summed E-state index contributed by atoms with van der Waals surface area (Å²) in [7, 11) is 0. The average molecular weight is 247 g/mol. The third kappa shape index (κ3) is 2.57. The number of nitrogen functional groups attached to an aromatic ring is 3. The van der Waals surface area contributed by atoms with E-state index in [1.165, 1.54) is 11.8 Å². The first kappa shape index (κ1) is 11.5. The lowest BCUT2D eigenvalue weighted by Gasteiger charge is -2.08. The Morgan fingerprint density at radius 3 is 2.12 bits per heavy atom. The average Bonchev–Trinajstić information content (AvgIpc) is 2.28. The summed E-state index contributed by atoms with van der Waals surface area (Å²) in [5.41, 5.74) is 19.0. The van der Waals surface area contributed by atoms with E-state index in [4.69, 9.17) is 17.2 Å². The Balaban J connectivity index is 2.37. The van der Waals surface area contributed by atoms with Crippen LogP contribution in [0, 0.1) is 0 Å². The molecule has 0 amide bonds. The van der Waals surface area contributed by atoms with Crippen molar-refractivity contribution in [3.8, 4) is 5.75 Å². The molecule has 0 saturated heterocycles. The summed E-state index contributed by atoms with van der Waals surface area (Å²) in [6, 6.07) is 10.1. The third-order valence-electron chi connectivity index (χ3n) is 2.24. The van der Waals surface area contributed by atoms with Gasteiger partial charge in [-0.15, -0.1) is 0 Å². The van der Waals surface area contributed by atoms with Crippen LogP contribution in [0.4, 0.5) is 17.1 Å². The summed E-state index contributed by atoms with van der Waals surface area (Å²) in [6.45, 7) is 0. The maximum Gasteiger partial charge on any atom is 0.129 e. The van der Waals surface area contributed by atoms with E-state index in [-0.39, 0.29) is 5.75 Å². The van der Waals surface area contributed by atoms with E-state index >= 15 is 0 Å². The Hall–Kier alpha value is -2.01. The lowest BCUT2D eigenvalue weighted by molar-refractivity contribution is 0.462. The van der Waals surface area contributed by atoms with Crippen molar-refractivity contribution in [3.63, 3.8) is 0 Å². The van der Waals surface area contributed by atoms with Crippen LogP contribution >= 0.6 is 11.8 Å². The second-order valence-corrected chi connectivity index (χ2v) is 4.71. The van der Waals surface area contributed by atoms with Crippen molar-refractivity contribution >= 4 is 28.8 Å². The van der Waals surface area contributed by atoms with Crippen molar-refractivity contribution in [1.82, 2.24) is 0 Å². The van der Waals surface area contributed by atoms with Crippen LogP contribution in [-0.4, -0.2) is 5.11 Å². The van der Waals surface area contributed by atoms with Gasteiger partial charge in [-0.25, -0.2) is 0 Å². The molecule has 0 aliphatic heterocycles. The van der Waals surface area contributed by atoms with E-state index in [2.05, 4.69) is 0 Å². The molecule has 0 radical (unpaired) electrons.